The number of nitrogens with one attached hydrogen (secondary N) is 1. The molecule has 0 amide bonds. The fourth-order valence-electron chi connectivity index (χ4n) is 2.27. The van der Waals surface area contributed by atoms with E-state index in [2.05, 4.69) is 10.3 Å². The molecule has 1 aromatic carbocycles. The first-order chi connectivity index (χ1) is 9.02. The second kappa shape index (κ2) is 4.72. The highest BCUT2D eigenvalue weighted by molar-refractivity contribution is 7.91. The van der Waals surface area contributed by atoms with Gasteiger partial charge in [-0.15, -0.1) is 0 Å². The highest BCUT2D eigenvalue weighted by Gasteiger charge is 2.25. The summed E-state index contributed by atoms with van der Waals surface area (Å²) in [6.07, 6.45) is 1.50. The highest BCUT2D eigenvalue weighted by Crippen LogP contribution is 2.28. The molecule has 102 valence electrons. The molecule has 1 fully saturated rings. The normalized spacial score (nSPS) is 22.5. The molecule has 1 aromatic heterocycles. The lowest BCUT2D eigenvalue weighted by atomic mass is 10.2. The van der Waals surface area contributed by atoms with Gasteiger partial charge in [0, 0.05) is 6.04 Å². The minimum Gasteiger partial charge on any atom is -0.358 e. The molecule has 2 aromatic rings. The molecule has 3 rings (SSSR count). The van der Waals surface area contributed by atoms with Crippen molar-refractivity contribution in [2.45, 2.75) is 18.9 Å². The van der Waals surface area contributed by atoms with Gasteiger partial charge >= 0.3 is 0 Å². The van der Waals surface area contributed by atoms with Crippen LogP contribution in [-0.4, -0.2) is 30.9 Å². The van der Waals surface area contributed by atoms with Crippen molar-refractivity contribution in [1.82, 2.24) is 4.98 Å². The van der Waals surface area contributed by atoms with Crippen LogP contribution in [0.2, 0.25) is 0 Å². The number of thiazole rings is 1. The molecule has 1 aliphatic rings. The lowest BCUT2D eigenvalue weighted by molar-refractivity contribution is 0.562. The molecule has 7 heteroatoms. The van der Waals surface area contributed by atoms with E-state index in [9.17, 15) is 12.8 Å². The Labute approximate surface area is 114 Å². The molecule has 19 heavy (non-hydrogen) atoms. The van der Waals surface area contributed by atoms with Gasteiger partial charge in [0.15, 0.2) is 15.0 Å². The molecule has 0 spiro atoms. The van der Waals surface area contributed by atoms with Crippen molar-refractivity contribution < 1.29 is 12.8 Å². The van der Waals surface area contributed by atoms with E-state index in [4.69, 9.17) is 0 Å². The van der Waals surface area contributed by atoms with Gasteiger partial charge in [0.2, 0.25) is 0 Å². The van der Waals surface area contributed by atoms with Gasteiger partial charge in [-0.2, -0.15) is 0 Å². The van der Waals surface area contributed by atoms with Gasteiger partial charge in [-0.25, -0.2) is 17.8 Å². The van der Waals surface area contributed by atoms with Gasteiger partial charge in [-0.1, -0.05) is 11.3 Å². The van der Waals surface area contributed by atoms with E-state index >= 15 is 0 Å². The fourth-order valence-corrected chi connectivity index (χ4v) is 4.88. The van der Waals surface area contributed by atoms with Crippen LogP contribution in [0.5, 0.6) is 0 Å². The Balaban J connectivity index is 1.81. The van der Waals surface area contributed by atoms with E-state index in [0.717, 1.165) is 16.6 Å². The lowest BCUT2D eigenvalue weighted by Crippen LogP contribution is -2.34. The van der Waals surface area contributed by atoms with Crippen LogP contribution in [0.3, 0.4) is 0 Å². The Morgan fingerprint density at radius 1 is 1.42 bits per heavy atom. The number of fused-ring (bicyclic) bond motifs is 1. The average molecular weight is 300 g/mol. The van der Waals surface area contributed by atoms with Gasteiger partial charge < -0.3 is 5.32 Å². The molecule has 1 atom stereocenters. The van der Waals surface area contributed by atoms with Crippen molar-refractivity contribution in [2.75, 3.05) is 16.8 Å². The molecule has 2 heterocycles. The summed E-state index contributed by atoms with van der Waals surface area (Å²) in [4.78, 5) is 4.34. The van der Waals surface area contributed by atoms with Crippen LogP contribution in [0.15, 0.2) is 18.2 Å². The zero-order chi connectivity index (χ0) is 13.5. The van der Waals surface area contributed by atoms with Crippen molar-refractivity contribution in [1.29, 1.82) is 0 Å². The van der Waals surface area contributed by atoms with Crippen molar-refractivity contribution in [2.24, 2.45) is 0 Å². The van der Waals surface area contributed by atoms with Crippen molar-refractivity contribution >= 4 is 36.5 Å². The molecular formula is C12H13FN2O2S2. The number of aromatic nitrogens is 1. The topological polar surface area (TPSA) is 59.1 Å². The summed E-state index contributed by atoms with van der Waals surface area (Å²) in [5.41, 5.74) is 0.729. The number of benzene rings is 1. The Morgan fingerprint density at radius 3 is 3.05 bits per heavy atom. The fraction of sp³-hybridized carbons (Fsp3) is 0.417. The van der Waals surface area contributed by atoms with Crippen LogP contribution in [0.4, 0.5) is 9.52 Å². The van der Waals surface area contributed by atoms with Crippen LogP contribution < -0.4 is 5.32 Å². The molecule has 0 radical (unpaired) electrons. The maximum atomic E-state index is 13.1. The zero-order valence-corrected chi connectivity index (χ0v) is 11.7. The predicted molar refractivity (Wildman–Crippen MR) is 74.9 cm³/mol. The summed E-state index contributed by atoms with van der Waals surface area (Å²) in [5.74, 6) is 0.135. The largest absolute Gasteiger partial charge is 0.358 e. The summed E-state index contributed by atoms with van der Waals surface area (Å²) in [6, 6.07) is 4.35. The Hall–Kier alpha value is -1.21. The Bertz CT molecular complexity index is 712. The molecule has 1 unspecified atom stereocenters. The lowest BCUT2D eigenvalue weighted by Gasteiger charge is -2.22. The van der Waals surface area contributed by atoms with Gasteiger partial charge in [0.05, 0.1) is 21.7 Å². The average Bonchev–Trinajstić information content (AvgIpc) is 2.68. The van der Waals surface area contributed by atoms with Crippen LogP contribution in [0, 0.1) is 5.82 Å². The predicted octanol–water partition coefficient (Wildman–Crippen LogP) is 2.42. The monoisotopic (exact) mass is 300 g/mol. The van der Waals surface area contributed by atoms with E-state index in [1.807, 2.05) is 0 Å². The minimum atomic E-state index is -2.93. The maximum Gasteiger partial charge on any atom is 0.184 e. The highest BCUT2D eigenvalue weighted by atomic mass is 32.2. The standard InChI is InChI=1S/C12H13FN2O2S2/c13-8-3-4-10-11(6-8)18-12(15-10)14-9-2-1-5-19(16,17)7-9/h3-4,6,9H,1-2,5,7H2,(H,14,15). The molecule has 1 aliphatic heterocycles. The van der Waals surface area contributed by atoms with Crippen LogP contribution in [-0.2, 0) is 9.84 Å². The Kier molecular flexibility index (Phi) is 3.18. The first kappa shape index (κ1) is 12.8. The second-order valence-electron chi connectivity index (χ2n) is 4.73. The zero-order valence-electron chi connectivity index (χ0n) is 10.1. The van der Waals surface area contributed by atoms with Crippen molar-refractivity contribution in [3.63, 3.8) is 0 Å². The van der Waals surface area contributed by atoms with Gasteiger partial charge in [-0.3, -0.25) is 0 Å². The van der Waals surface area contributed by atoms with Crippen LogP contribution in [0.1, 0.15) is 12.8 Å². The molecule has 1 saturated heterocycles. The third-order valence-corrected chi connectivity index (χ3v) is 5.91. The number of nitrogens with zero attached hydrogens (tertiary/aromatic N) is 1. The number of halogens is 1. The third-order valence-electron chi connectivity index (χ3n) is 3.14. The van der Waals surface area contributed by atoms with Crippen LogP contribution >= 0.6 is 11.3 Å². The molecule has 4 nitrogen and oxygen atoms in total. The molecule has 0 bridgehead atoms. The number of rotatable bonds is 2. The maximum absolute atomic E-state index is 13.1. The van der Waals surface area contributed by atoms with E-state index in [0.29, 0.717) is 11.6 Å². The quantitative estimate of drug-likeness (QED) is 0.925. The van der Waals surface area contributed by atoms with E-state index < -0.39 is 9.84 Å². The Morgan fingerprint density at radius 2 is 2.26 bits per heavy atom. The van der Waals surface area contributed by atoms with Gasteiger partial charge in [0.1, 0.15) is 5.82 Å². The van der Waals surface area contributed by atoms with Gasteiger partial charge in [-0.05, 0) is 31.0 Å². The molecular weight excluding hydrogens is 287 g/mol. The summed E-state index contributed by atoms with van der Waals surface area (Å²) >= 11 is 1.35. The number of anilines is 1. The first-order valence-corrected chi connectivity index (χ1v) is 8.69. The van der Waals surface area contributed by atoms with Crippen molar-refractivity contribution in [3.8, 4) is 0 Å². The second-order valence-corrected chi connectivity index (χ2v) is 7.99. The SMILES string of the molecule is O=S1(=O)CCCC(Nc2nc3ccc(F)cc3s2)C1. The van der Waals surface area contributed by atoms with E-state index in [1.165, 1.54) is 23.5 Å². The van der Waals surface area contributed by atoms with Gasteiger partial charge in [0.25, 0.3) is 0 Å². The summed E-state index contributed by atoms with van der Waals surface area (Å²) in [7, 11) is -2.93. The number of sulfone groups is 1. The number of hydrogen-bond donors (Lipinski definition) is 1. The van der Waals surface area contributed by atoms with Crippen molar-refractivity contribution in [3.05, 3.63) is 24.0 Å². The van der Waals surface area contributed by atoms with E-state index in [-0.39, 0.29) is 23.4 Å². The number of hydrogen-bond acceptors (Lipinski definition) is 5. The molecule has 1 N–H and O–H groups in total. The first-order valence-electron chi connectivity index (χ1n) is 6.05. The minimum absolute atomic E-state index is 0.0934. The van der Waals surface area contributed by atoms with E-state index in [1.54, 1.807) is 6.07 Å². The van der Waals surface area contributed by atoms with Crippen LogP contribution in [0.25, 0.3) is 10.2 Å². The molecule has 0 aliphatic carbocycles. The molecule has 0 saturated carbocycles. The third kappa shape index (κ3) is 2.87. The summed E-state index contributed by atoms with van der Waals surface area (Å²) in [5, 5.41) is 3.81. The summed E-state index contributed by atoms with van der Waals surface area (Å²) in [6.45, 7) is 0. The smallest absolute Gasteiger partial charge is 0.184 e. The summed E-state index contributed by atoms with van der Waals surface area (Å²) < 4.78 is 37.0.